The van der Waals surface area contributed by atoms with Gasteiger partial charge < -0.3 is 20.1 Å². The molecule has 23 heavy (non-hydrogen) atoms. The summed E-state index contributed by atoms with van der Waals surface area (Å²) in [5.41, 5.74) is 1.60. The topological polar surface area (TPSA) is 95.9 Å². The maximum absolute atomic E-state index is 12.3. The first-order valence-electron chi connectivity index (χ1n) is 7.31. The number of carbonyl (C=O) groups excluding carboxylic acids is 2. The predicted molar refractivity (Wildman–Crippen MR) is 83.4 cm³/mol. The number of hydrogen-bond donors (Lipinski definition) is 2. The van der Waals surface area contributed by atoms with E-state index in [0.29, 0.717) is 11.4 Å². The van der Waals surface area contributed by atoms with Crippen LogP contribution in [0.5, 0.6) is 5.75 Å². The van der Waals surface area contributed by atoms with Crippen LogP contribution in [0.4, 0.5) is 5.69 Å². The van der Waals surface area contributed by atoms with Crippen molar-refractivity contribution in [2.45, 2.75) is 26.3 Å². The van der Waals surface area contributed by atoms with Crippen molar-refractivity contribution in [1.82, 2.24) is 5.32 Å². The zero-order valence-corrected chi connectivity index (χ0v) is 13.3. The fourth-order valence-corrected chi connectivity index (χ4v) is 2.52. The van der Waals surface area contributed by atoms with Crippen LogP contribution in [0.2, 0.25) is 0 Å². The first-order valence-corrected chi connectivity index (χ1v) is 7.31. The van der Waals surface area contributed by atoms with Gasteiger partial charge in [0.1, 0.15) is 11.8 Å². The van der Waals surface area contributed by atoms with Crippen LogP contribution in [0.1, 0.15) is 18.9 Å². The molecule has 0 spiro atoms. The normalized spacial score (nSPS) is 18.7. The number of carbonyl (C=O) groups is 3. The van der Waals surface area contributed by atoms with Crippen LogP contribution >= 0.6 is 0 Å². The maximum atomic E-state index is 12.3. The lowest BCUT2D eigenvalue weighted by Gasteiger charge is -2.20. The molecule has 0 aliphatic carbocycles. The lowest BCUT2D eigenvalue weighted by Crippen LogP contribution is -2.42. The second-order valence-corrected chi connectivity index (χ2v) is 5.65. The second-order valence-electron chi connectivity index (χ2n) is 5.65. The summed E-state index contributed by atoms with van der Waals surface area (Å²) in [4.78, 5) is 36.7. The third kappa shape index (κ3) is 3.61. The van der Waals surface area contributed by atoms with Gasteiger partial charge in [-0.1, -0.05) is 6.07 Å². The van der Waals surface area contributed by atoms with Crippen molar-refractivity contribution >= 4 is 23.5 Å². The lowest BCUT2D eigenvalue weighted by atomic mass is 10.1. The summed E-state index contributed by atoms with van der Waals surface area (Å²) in [5, 5.41) is 11.3. The molecule has 0 bridgehead atoms. The van der Waals surface area contributed by atoms with Gasteiger partial charge in [0.05, 0.1) is 18.7 Å². The van der Waals surface area contributed by atoms with E-state index in [2.05, 4.69) is 5.32 Å². The highest BCUT2D eigenvalue weighted by atomic mass is 16.5. The monoisotopic (exact) mass is 320 g/mol. The molecule has 2 N–H and O–H groups in total. The molecular weight excluding hydrogens is 300 g/mol. The molecule has 2 unspecified atom stereocenters. The van der Waals surface area contributed by atoms with Crippen molar-refractivity contribution in [1.29, 1.82) is 0 Å². The Labute approximate surface area is 134 Å². The largest absolute Gasteiger partial charge is 0.495 e. The number of nitrogens with one attached hydrogen (secondary N) is 1. The molecule has 2 atom stereocenters. The van der Waals surface area contributed by atoms with Crippen molar-refractivity contribution in [3.63, 3.8) is 0 Å². The average Bonchev–Trinajstić information content (AvgIpc) is 2.89. The molecular formula is C16H20N2O5. The van der Waals surface area contributed by atoms with E-state index in [9.17, 15) is 14.4 Å². The van der Waals surface area contributed by atoms with Gasteiger partial charge in [-0.2, -0.15) is 0 Å². The van der Waals surface area contributed by atoms with Gasteiger partial charge >= 0.3 is 5.97 Å². The number of nitrogens with zero attached hydrogens (tertiary/aromatic N) is 1. The van der Waals surface area contributed by atoms with Gasteiger partial charge in [-0.05, 0) is 31.5 Å². The van der Waals surface area contributed by atoms with Crippen LogP contribution < -0.4 is 15.0 Å². The zero-order chi connectivity index (χ0) is 17.1. The third-order valence-electron chi connectivity index (χ3n) is 3.85. The van der Waals surface area contributed by atoms with Gasteiger partial charge in [0.25, 0.3) is 0 Å². The quantitative estimate of drug-likeness (QED) is 0.842. The fourth-order valence-electron chi connectivity index (χ4n) is 2.52. The summed E-state index contributed by atoms with van der Waals surface area (Å²) in [6.45, 7) is 3.50. The summed E-state index contributed by atoms with van der Waals surface area (Å²) in [6.07, 6.45) is 0.0509. The van der Waals surface area contributed by atoms with Crippen LogP contribution in [-0.2, 0) is 14.4 Å². The lowest BCUT2D eigenvalue weighted by molar-refractivity contribution is -0.141. The second kappa shape index (κ2) is 6.68. The number of rotatable bonds is 5. The number of benzene rings is 1. The first-order chi connectivity index (χ1) is 10.8. The predicted octanol–water partition coefficient (Wildman–Crippen LogP) is 0.946. The molecule has 0 aromatic heterocycles. The minimum absolute atomic E-state index is 0.0509. The molecule has 124 valence electrons. The Bertz CT molecular complexity index is 643. The first kappa shape index (κ1) is 16.8. The standard InChI is InChI=1S/C16H20N2O5/c1-9-4-5-13(23-3)12(6-9)18-8-11(7-14(18)19)15(20)17-10(2)16(21)22/h4-6,10-11H,7-8H2,1-3H3,(H,17,20)(H,21,22). The van der Waals surface area contributed by atoms with Gasteiger partial charge in [-0.15, -0.1) is 0 Å². The van der Waals surface area contributed by atoms with Crippen LogP contribution in [0.15, 0.2) is 18.2 Å². The Morgan fingerprint density at radius 3 is 2.74 bits per heavy atom. The third-order valence-corrected chi connectivity index (χ3v) is 3.85. The molecule has 1 aromatic rings. The van der Waals surface area contributed by atoms with Crippen molar-refractivity contribution in [2.75, 3.05) is 18.6 Å². The molecule has 0 radical (unpaired) electrons. The molecule has 1 aliphatic heterocycles. The number of aliphatic carboxylic acids is 1. The molecule has 2 amide bonds. The number of methoxy groups -OCH3 is 1. The Balaban J connectivity index is 2.16. The van der Waals surface area contributed by atoms with Crippen LogP contribution in [0.3, 0.4) is 0 Å². The van der Waals surface area contributed by atoms with E-state index in [0.717, 1.165) is 5.56 Å². The number of hydrogen-bond acceptors (Lipinski definition) is 4. The van der Waals surface area contributed by atoms with E-state index in [1.807, 2.05) is 19.1 Å². The number of ether oxygens (including phenoxy) is 1. The number of carboxylic acid groups (broad SMARTS) is 1. The van der Waals surface area contributed by atoms with Gasteiger partial charge in [0.15, 0.2) is 0 Å². The molecule has 7 heteroatoms. The van der Waals surface area contributed by atoms with E-state index < -0.39 is 23.8 Å². The minimum atomic E-state index is -1.11. The Morgan fingerprint density at radius 2 is 2.13 bits per heavy atom. The van der Waals surface area contributed by atoms with E-state index in [-0.39, 0.29) is 18.9 Å². The summed E-state index contributed by atoms with van der Waals surface area (Å²) in [7, 11) is 1.52. The Morgan fingerprint density at radius 1 is 1.43 bits per heavy atom. The number of carboxylic acids is 1. The maximum Gasteiger partial charge on any atom is 0.325 e. The Kier molecular flexibility index (Phi) is 4.88. The van der Waals surface area contributed by atoms with Gasteiger partial charge in [-0.3, -0.25) is 14.4 Å². The van der Waals surface area contributed by atoms with Crippen molar-refractivity contribution in [3.05, 3.63) is 23.8 Å². The van der Waals surface area contributed by atoms with Gasteiger partial charge in [-0.25, -0.2) is 0 Å². The number of aryl methyl sites for hydroxylation is 1. The Hall–Kier alpha value is -2.57. The minimum Gasteiger partial charge on any atom is -0.495 e. The van der Waals surface area contributed by atoms with E-state index in [4.69, 9.17) is 9.84 Å². The van der Waals surface area contributed by atoms with Crippen molar-refractivity contribution in [2.24, 2.45) is 5.92 Å². The number of anilines is 1. The van der Waals surface area contributed by atoms with Gasteiger partial charge in [0.2, 0.25) is 11.8 Å². The molecule has 1 heterocycles. The van der Waals surface area contributed by atoms with Crippen LogP contribution in [-0.4, -0.2) is 42.6 Å². The highest BCUT2D eigenvalue weighted by Crippen LogP contribution is 2.33. The summed E-state index contributed by atoms with van der Waals surface area (Å²) in [5.74, 6) is -1.74. The molecule has 1 fully saturated rings. The molecule has 2 rings (SSSR count). The highest BCUT2D eigenvalue weighted by molar-refractivity contribution is 6.01. The SMILES string of the molecule is COc1ccc(C)cc1N1CC(C(=O)NC(C)C(=O)O)CC1=O. The zero-order valence-electron chi connectivity index (χ0n) is 13.3. The van der Waals surface area contributed by atoms with Crippen molar-refractivity contribution < 1.29 is 24.2 Å². The molecule has 1 aliphatic rings. The summed E-state index contributed by atoms with van der Waals surface area (Å²) in [6, 6.07) is 4.50. The van der Waals surface area contributed by atoms with E-state index in [1.54, 1.807) is 6.07 Å². The highest BCUT2D eigenvalue weighted by Gasteiger charge is 2.37. The average molecular weight is 320 g/mol. The van der Waals surface area contributed by atoms with Crippen molar-refractivity contribution in [3.8, 4) is 5.75 Å². The molecule has 1 saturated heterocycles. The van der Waals surface area contributed by atoms with E-state index in [1.165, 1.54) is 18.9 Å². The summed E-state index contributed by atoms with van der Waals surface area (Å²) >= 11 is 0. The van der Waals surface area contributed by atoms with E-state index >= 15 is 0 Å². The molecule has 1 aromatic carbocycles. The smallest absolute Gasteiger partial charge is 0.325 e. The summed E-state index contributed by atoms with van der Waals surface area (Å²) < 4.78 is 5.28. The van der Waals surface area contributed by atoms with Gasteiger partial charge in [0, 0.05) is 13.0 Å². The van der Waals surface area contributed by atoms with Crippen LogP contribution in [0, 0.1) is 12.8 Å². The molecule has 0 saturated carbocycles. The molecule has 7 nitrogen and oxygen atoms in total. The number of amides is 2. The van der Waals surface area contributed by atoms with Crippen LogP contribution in [0.25, 0.3) is 0 Å². The fraction of sp³-hybridized carbons (Fsp3) is 0.438.